The lowest BCUT2D eigenvalue weighted by molar-refractivity contribution is 0.313. The first kappa shape index (κ1) is 20.2. The zero-order valence-electron chi connectivity index (χ0n) is 18.0. The molecular weight excluding hydrogens is 403 g/mol. The van der Waals surface area contributed by atoms with Gasteiger partial charge in [-0.25, -0.2) is 9.37 Å². The van der Waals surface area contributed by atoms with E-state index in [1.54, 1.807) is 24.3 Å². The number of H-pyrrole nitrogens is 1. The summed E-state index contributed by atoms with van der Waals surface area (Å²) >= 11 is 0. The largest absolute Gasteiger partial charge is 0.399 e. The number of nitrogens with zero attached hydrogens (tertiary/aromatic N) is 4. The molecular formula is C25H25FN6. The van der Waals surface area contributed by atoms with Crippen molar-refractivity contribution < 1.29 is 4.39 Å². The quantitative estimate of drug-likeness (QED) is 0.512. The maximum absolute atomic E-state index is 15.0. The molecule has 1 saturated heterocycles. The molecule has 2 aromatic carbocycles. The van der Waals surface area contributed by atoms with Crippen molar-refractivity contribution in [2.24, 2.45) is 5.73 Å². The average molecular weight is 429 g/mol. The van der Waals surface area contributed by atoms with Crippen LogP contribution in [0, 0.1) is 5.82 Å². The van der Waals surface area contributed by atoms with Crippen LogP contribution in [0.25, 0.3) is 39.2 Å². The summed E-state index contributed by atoms with van der Waals surface area (Å²) in [7, 11) is 2.15. The minimum absolute atomic E-state index is 0.190. The van der Waals surface area contributed by atoms with Crippen molar-refractivity contribution in [1.29, 1.82) is 0 Å². The average Bonchev–Trinajstić information content (AvgIpc) is 3.23. The van der Waals surface area contributed by atoms with Gasteiger partial charge in [0.25, 0.3) is 0 Å². The van der Waals surface area contributed by atoms with E-state index in [-0.39, 0.29) is 11.3 Å². The summed E-state index contributed by atoms with van der Waals surface area (Å²) in [4.78, 5) is 9.48. The number of benzene rings is 2. The summed E-state index contributed by atoms with van der Waals surface area (Å²) in [6.07, 6.45) is 0. The maximum atomic E-state index is 15.0. The first-order chi connectivity index (χ1) is 15.5. The van der Waals surface area contributed by atoms with Gasteiger partial charge in [-0.05, 0) is 43.4 Å². The van der Waals surface area contributed by atoms with Crippen molar-refractivity contribution in [3.63, 3.8) is 0 Å². The maximum Gasteiger partial charge on any atom is 0.141 e. The molecule has 0 amide bonds. The Kier molecular flexibility index (Phi) is 5.11. The highest BCUT2D eigenvalue weighted by Gasteiger charge is 2.17. The van der Waals surface area contributed by atoms with E-state index in [4.69, 9.17) is 10.7 Å². The van der Waals surface area contributed by atoms with Gasteiger partial charge >= 0.3 is 0 Å². The van der Waals surface area contributed by atoms with Crippen molar-refractivity contribution >= 4 is 22.4 Å². The Morgan fingerprint density at radius 1 is 1.03 bits per heavy atom. The molecule has 3 N–H and O–H groups in total. The van der Waals surface area contributed by atoms with E-state index in [0.717, 1.165) is 43.0 Å². The van der Waals surface area contributed by atoms with E-state index in [1.165, 1.54) is 5.69 Å². The van der Waals surface area contributed by atoms with E-state index < -0.39 is 5.82 Å². The van der Waals surface area contributed by atoms with Crippen LogP contribution in [-0.2, 0) is 0 Å². The van der Waals surface area contributed by atoms with Gasteiger partial charge in [0.2, 0.25) is 0 Å². The van der Waals surface area contributed by atoms with E-state index >= 15 is 0 Å². The second kappa shape index (κ2) is 8.09. The molecule has 1 aliphatic rings. The molecule has 1 fully saturated rings. The smallest absolute Gasteiger partial charge is 0.141 e. The molecule has 0 saturated carbocycles. The fraction of sp³-hybridized carbons (Fsp3) is 0.200. The Bertz CT molecular complexity index is 1290. The van der Waals surface area contributed by atoms with Gasteiger partial charge in [-0.15, -0.1) is 0 Å². The highest BCUT2D eigenvalue weighted by Crippen LogP contribution is 2.31. The number of aromatic nitrogens is 3. The molecule has 0 spiro atoms. The fourth-order valence-corrected chi connectivity index (χ4v) is 4.12. The van der Waals surface area contributed by atoms with Gasteiger partial charge < -0.3 is 15.5 Å². The highest BCUT2D eigenvalue weighted by molar-refractivity contribution is 5.91. The molecule has 0 radical (unpaired) electrons. The topological polar surface area (TPSA) is 74.1 Å². The molecule has 4 aromatic rings. The number of hydrogen-bond acceptors (Lipinski definition) is 5. The Morgan fingerprint density at radius 3 is 2.50 bits per heavy atom. The van der Waals surface area contributed by atoms with Crippen LogP contribution in [-0.4, -0.2) is 53.3 Å². The summed E-state index contributed by atoms with van der Waals surface area (Å²) < 4.78 is 15.0. The number of anilines is 1. The molecule has 2 aromatic heterocycles. The van der Waals surface area contributed by atoms with Gasteiger partial charge in [-0.1, -0.05) is 24.8 Å². The van der Waals surface area contributed by atoms with Crippen molar-refractivity contribution in [2.45, 2.75) is 0 Å². The summed E-state index contributed by atoms with van der Waals surface area (Å²) in [5.41, 5.74) is 11.5. The Morgan fingerprint density at radius 2 is 1.78 bits per heavy atom. The molecule has 162 valence electrons. The molecule has 5 rings (SSSR count). The Labute approximate surface area is 186 Å². The zero-order chi connectivity index (χ0) is 22.2. The molecule has 0 aliphatic carbocycles. The SMILES string of the molecule is C=C(N)c1cccc(-c2ccc3[nH]nc(-c4ccc(N5CCN(C)CC5)cc4)c3n2)c1F. The molecule has 32 heavy (non-hydrogen) atoms. The molecule has 0 bridgehead atoms. The monoisotopic (exact) mass is 428 g/mol. The van der Waals surface area contributed by atoms with Crippen LogP contribution in [0.2, 0.25) is 0 Å². The number of nitrogens with two attached hydrogens (primary N) is 1. The standard InChI is InChI=1S/C25H25FN6/c1-16(27)19-4-3-5-20(23(19)26)21-10-11-22-25(28-21)24(30-29-22)17-6-8-18(9-7-17)32-14-12-31(2)13-15-32/h3-11H,1,12-15,27H2,2H3,(H,29,30). The number of hydrogen-bond donors (Lipinski definition) is 2. The number of nitrogens with one attached hydrogen (secondary N) is 1. The first-order valence-electron chi connectivity index (χ1n) is 10.6. The molecule has 1 aliphatic heterocycles. The second-order valence-corrected chi connectivity index (χ2v) is 8.19. The molecule has 0 unspecified atom stereocenters. The van der Waals surface area contributed by atoms with Gasteiger partial charge in [0.05, 0.1) is 11.2 Å². The number of rotatable bonds is 4. The normalized spacial score (nSPS) is 14.8. The molecule has 0 atom stereocenters. The molecule has 7 heteroatoms. The van der Waals surface area contributed by atoms with E-state index in [1.807, 2.05) is 6.07 Å². The first-order valence-corrected chi connectivity index (χ1v) is 10.6. The third-order valence-corrected chi connectivity index (χ3v) is 6.04. The Hall–Kier alpha value is -3.71. The zero-order valence-corrected chi connectivity index (χ0v) is 18.0. The van der Waals surface area contributed by atoms with Crippen molar-refractivity contribution in [1.82, 2.24) is 20.1 Å². The van der Waals surface area contributed by atoms with E-state index in [9.17, 15) is 4.39 Å². The van der Waals surface area contributed by atoms with Crippen LogP contribution in [0.4, 0.5) is 10.1 Å². The summed E-state index contributed by atoms with van der Waals surface area (Å²) in [6.45, 7) is 7.82. The predicted molar refractivity (Wildman–Crippen MR) is 128 cm³/mol. The molecule has 6 nitrogen and oxygen atoms in total. The summed E-state index contributed by atoms with van der Waals surface area (Å²) in [5.74, 6) is -0.423. The van der Waals surface area contributed by atoms with Gasteiger partial charge in [0, 0.05) is 54.3 Å². The van der Waals surface area contributed by atoms with Gasteiger partial charge in [0.1, 0.15) is 17.0 Å². The lowest BCUT2D eigenvalue weighted by atomic mass is 10.0. The van der Waals surface area contributed by atoms with Gasteiger partial charge in [-0.3, -0.25) is 5.10 Å². The van der Waals surface area contributed by atoms with Crippen LogP contribution < -0.4 is 10.6 Å². The third-order valence-electron chi connectivity index (χ3n) is 6.04. The third kappa shape index (κ3) is 3.61. The number of fused-ring (bicyclic) bond motifs is 1. The minimum atomic E-state index is -0.423. The van der Waals surface area contributed by atoms with Crippen molar-refractivity contribution in [3.05, 3.63) is 72.6 Å². The fourth-order valence-electron chi connectivity index (χ4n) is 4.12. The van der Waals surface area contributed by atoms with Crippen molar-refractivity contribution in [3.8, 4) is 22.5 Å². The number of likely N-dealkylation sites (N-methyl/N-ethyl adjacent to an activating group) is 1. The van der Waals surface area contributed by atoms with Gasteiger partial charge in [0.15, 0.2) is 0 Å². The van der Waals surface area contributed by atoms with Crippen LogP contribution >= 0.6 is 0 Å². The Balaban J connectivity index is 1.50. The van der Waals surface area contributed by atoms with Crippen LogP contribution in [0.3, 0.4) is 0 Å². The minimum Gasteiger partial charge on any atom is -0.399 e. The van der Waals surface area contributed by atoms with Crippen LogP contribution in [0.1, 0.15) is 5.56 Å². The number of halogens is 1. The van der Waals surface area contributed by atoms with E-state index in [2.05, 4.69) is 57.9 Å². The van der Waals surface area contributed by atoms with Crippen molar-refractivity contribution in [2.75, 3.05) is 38.1 Å². The van der Waals surface area contributed by atoms with Crippen LogP contribution in [0.5, 0.6) is 0 Å². The number of piperazine rings is 1. The van der Waals surface area contributed by atoms with Gasteiger partial charge in [-0.2, -0.15) is 5.10 Å². The summed E-state index contributed by atoms with van der Waals surface area (Å²) in [5, 5.41) is 7.52. The number of pyridine rings is 1. The highest BCUT2D eigenvalue weighted by atomic mass is 19.1. The van der Waals surface area contributed by atoms with Crippen LogP contribution in [0.15, 0.2) is 61.2 Å². The lowest BCUT2D eigenvalue weighted by Gasteiger charge is -2.34. The molecule has 3 heterocycles. The summed E-state index contributed by atoms with van der Waals surface area (Å²) in [6, 6.07) is 17.1. The predicted octanol–water partition coefficient (Wildman–Crippen LogP) is 4.11. The van der Waals surface area contributed by atoms with E-state index in [0.29, 0.717) is 16.8 Å². The lowest BCUT2D eigenvalue weighted by Crippen LogP contribution is -2.44. The number of aromatic amines is 1. The second-order valence-electron chi connectivity index (χ2n) is 8.19.